The van der Waals surface area contributed by atoms with Gasteiger partial charge in [-0.25, -0.2) is 0 Å². The SMILES string of the molecule is COC(=O)CN1CCN(C(=O)c2oc(C)cc2C)CC1. The third-order valence-electron chi connectivity index (χ3n) is 3.48. The summed E-state index contributed by atoms with van der Waals surface area (Å²) in [7, 11) is 1.38. The van der Waals surface area contributed by atoms with Gasteiger partial charge in [0.2, 0.25) is 0 Å². The Kier molecular flexibility index (Phi) is 4.44. The van der Waals surface area contributed by atoms with E-state index >= 15 is 0 Å². The maximum absolute atomic E-state index is 12.3. The molecule has 1 fully saturated rings. The summed E-state index contributed by atoms with van der Waals surface area (Å²) in [5, 5.41) is 0. The van der Waals surface area contributed by atoms with Gasteiger partial charge in [-0.3, -0.25) is 14.5 Å². The topological polar surface area (TPSA) is 63.0 Å². The Hall–Kier alpha value is -1.82. The number of aryl methyl sites for hydroxylation is 2. The lowest BCUT2D eigenvalue weighted by atomic mass is 10.2. The minimum atomic E-state index is -0.248. The third-order valence-corrected chi connectivity index (χ3v) is 3.48. The van der Waals surface area contributed by atoms with Gasteiger partial charge in [-0.15, -0.1) is 0 Å². The van der Waals surface area contributed by atoms with Crippen molar-refractivity contribution in [2.45, 2.75) is 13.8 Å². The molecule has 1 amide bonds. The number of amides is 1. The highest BCUT2D eigenvalue weighted by Crippen LogP contribution is 2.17. The Bertz CT molecular complexity index is 501. The molecule has 2 rings (SSSR count). The van der Waals surface area contributed by atoms with Gasteiger partial charge >= 0.3 is 5.97 Å². The number of rotatable bonds is 3. The van der Waals surface area contributed by atoms with Crippen LogP contribution in [-0.2, 0) is 9.53 Å². The van der Waals surface area contributed by atoms with E-state index in [1.54, 1.807) is 4.90 Å². The van der Waals surface area contributed by atoms with Crippen molar-refractivity contribution in [1.82, 2.24) is 9.80 Å². The lowest BCUT2D eigenvalue weighted by Gasteiger charge is -2.33. The number of furan rings is 1. The predicted octanol–water partition coefficient (Wildman–Crippen LogP) is 0.827. The molecule has 110 valence electrons. The number of piperazine rings is 1. The molecule has 0 N–H and O–H groups in total. The predicted molar refractivity (Wildman–Crippen MR) is 72.5 cm³/mol. The van der Waals surface area contributed by atoms with Crippen molar-refractivity contribution in [2.24, 2.45) is 0 Å². The Morgan fingerprint density at radius 3 is 2.40 bits per heavy atom. The summed E-state index contributed by atoms with van der Waals surface area (Å²) in [6.45, 7) is 6.50. The molecule has 0 atom stereocenters. The van der Waals surface area contributed by atoms with Crippen LogP contribution >= 0.6 is 0 Å². The van der Waals surface area contributed by atoms with Crippen LogP contribution in [0.15, 0.2) is 10.5 Å². The molecule has 0 unspecified atom stereocenters. The summed E-state index contributed by atoms with van der Waals surface area (Å²) in [6.07, 6.45) is 0. The fourth-order valence-electron chi connectivity index (χ4n) is 2.35. The van der Waals surface area contributed by atoms with E-state index in [1.165, 1.54) is 7.11 Å². The normalized spacial score (nSPS) is 16.2. The molecule has 1 aromatic heterocycles. The van der Waals surface area contributed by atoms with E-state index in [1.807, 2.05) is 24.8 Å². The highest BCUT2D eigenvalue weighted by atomic mass is 16.5. The molecule has 1 aliphatic rings. The van der Waals surface area contributed by atoms with Crippen LogP contribution in [0.5, 0.6) is 0 Å². The fraction of sp³-hybridized carbons (Fsp3) is 0.571. The lowest BCUT2D eigenvalue weighted by molar-refractivity contribution is -0.142. The van der Waals surface area contributed by atoms with E-state index in [9.17, 15) is 9.59 Å². The van der Waals surface area contributed by atoms with Crippen molar-refractivity contribution in [3.8, 4) is 0 Å². The summed E-state index contributed by atoms with van der Waals surface area (Å²) in [6, 6.07) is 1.86. The molecule has 0 radical (unpaired) electrons. The van der Waals surface area contributed by atoms with Gasteiger partial charge in [0.1, 0.15) is 5.76 Å². The van der Waals surface area contributed by atoms with Crippen LogP contribution in [0.25, 0.3) is 0 Å². The number of esters is 1. The first kappa shape index (κ1) is 14.6. The highest BCUT2D eigenvalue weighted by Gasteiger charge is 2.26. The molecule has 20 heavy (non-hydrogen) atoms. The molecule has 0 spiro atoms. The molecule has 0 aliphatic carbocycles. The summed E-state index contributed by atoms with van der Waals surface area (Å²) in [5.74, 6) is 0.842. The van der Waals surface area contributed by atoms with Crippen molar-refractivity contribution in [3.63, 3.8) is 0 Å². The van der Waals surface area contributed by atoms with Crippen LogP contribution in [0.2, 0.25) is 0 Å². The van der Waals surface area contributed by atoms with E-state index in [-0.39, 0.29) is 18.4 Å². The van der Waals surface area contributed by atoms with Crippen molar-refractivity contribution < 1.29 is 18.7 Å². The van der Waals surface area contributed by atoms with Gasteiger partial charge in [-0.1, -0.05) is 0 Å². The van der Waals surface area contributed by atoms with Crippen molar-refractivity contribution >= 4 is 11.9 Å². The van der Waals surface area contributed by atoms with Crippen molar-refractivity contribution in [3.05, 3.63) is 23.2 Å². The number of hydrogen-bond donors (Lipinski definition) is 0. The Labute approximate surface area is 118 Å². The maximum Gasteiger partial charge on any atom is 0.319 e. The standard InChI is InChI=1S/C14H20N2O4/c1-10-8-11(2)20-13(10)14(18)16-6-4-15(5-7-16)9-12(17)19-3/h8H,4-7,9H2,1-3H3. The van der Waals surface area contributed by atoms with Crippen molar-refractivity contribution in [1.29, 1.82) is 0 Å². The zero-order chi connectivity index (χ0) is 14.7. The quantitative estimate of drug-likeness (QED) is 0.767. The van der Waals surface area contributed by atoms with Crippen LogP contribution in [0, 0.1) is 13.8 Å². The van der Waals surface area contributed by atoms with E-state index in [0.29, 0.717) is 31.9 Å². The van der Waals surface area contributed by atoms with Crippen LogP contribution in [0.3, 0.4) is 0 Å². The molecule has 6 nitrogen and oxygen atoms in total. The zero-order valence-corrected chi connectivity index (χ0v) is 12.1. The Balaban J connectivity index is 1.92. The largest absolute Gasteiger partial charge is 0.468 e. The molecule has 1 aliphatic heterocycles. The second-order valence-electron chi connectivity index (χ2n) is 5.01. The second kappa shape index (κ2) is 6.09. The summed E-state index contributed by atoms with van der Waals surface area (Å²) >= 11 is 0. The van der Waals surface area contributed by atoms with Gasteiger partial charge in [-0.05, 0) is 19.9 Å². The van der Waals surface area contributed by atoms with E-state index in [0.717, 1.165) is 11.3 Å². The van der Waals surface area contributed by atoms with Crippen molar-refractivity contribution in [2.75, 3.05) is 39.8 Å². The van der Waals surface area contributed by atoms with Gasteiger partial charge < -0.3 is 14.1 Å². The minimum Gasteiger partial charge on any atom is -0.468 e. The van der Waals surface area contributed by atoms with E-state index in [2.05, 4.69) is 4.74 Å². The van der Waals surface area contributed by atoms with Gasteiger partial charge in [-0.2, -0.15) is 0 Å². The van der Waals surface area contributed by atoms with E-state index < -0.39 is 0 Å². The number of methoxy groups -OCH3 is 1. The number of ether oxygens (including phenoxy) is 1. The van der Waals surface area contributed by atoms with Crippen LogP contribution < -0.4 is 0 Å². The first-order chi connectivity index (χ1) is 9.51. The maximum atomic E-state index is 12.3. The molecule has 1 saturated heterocycles. The number of carbonyl (C=O) groups excluding carboxylic acids is 2. The number of nitrogens with zero attached hydrogens (tertiary/aromatic N) is 2. The fourth-order valence-corrected chi connectivity index (χ4v) is 2.35. The van der Waals surface area contributed by atoms with Gasteiger partial charge in [0.05, 0.1) is 13.7 Å². The van der Waals surface area contributed by atoms with Gasteiger partial charge in [0, 0.05) is 31.7 Å². The molecule has 0 aromatic carbocycles. The molecular weight excluding hydrogens is 260 g/mol. The summed E-state index contributed by atoms with van der Waals surface area (Å²) < 4.78 is 10.1. The smallest absolute Gasteiger partial charge is 0.319 e. The van der Waals surface area contributed by atoms with Crippen LogP contribution in [0.1, 0.15) is 21.9 Å². The van der Waals surface area contributed by atoms with Crippen LogP contribution in [0.4, 0.5) is 0 Å². The molecule has 6 heteroatoms. The Morgan fingerprint density at radius 2 is 1.90 bits per heavy atom. The molecular formula is C14H20N2O4. The summed E-state index contributed by atoms with van der Waals surface area (Å²) in [5.41, 5.74) is 0.865. The third kappa shape index (κ3) is 3.19. The van der Waals surface area contributed by atoms with Gasteiger partial charge in [0.25, 0.3) is 5.91 Å². The average Bonchev–Trinajstić information content (AvgIpc) is 2.77. The number of hydrogen-bond acceptors (Lipinski definition) is 5. The van der Waals surface area contributed by atoms with Crippen LogP contribution in [-0.4, -0.2) is 61.5 Å². The number of carbonyl (C=O) groups is 2. The molecule has 0 saturated carbocycles. The van der Waals surface area contributed by atoms with E-state index in [4.69, 9.17) is 4.42 Å². The monoisotopic (exact) mass is 280 g/mol. The average molecular weight is 280 g/mol. The summed E-state index contributed by atoms with van der Waals surface area (Å²) in [4.78, 5) is 27.3. The first-order valence-corrected chi connectivity index (χ1v) is 6.66. The highest BCUT2D eigenvalue weighted by molar-refractivity contribution is 5.93. The zero-order valence-electron chi connectivity index (χ0n) is 12.1. The minimum absolute atomic E-state index is 0.0756. The molecule has 0 bridgehead atoms. The second-order valence-corrected chi connectivity index (χ2v) is 5.01. The molecule has 2 heterocycles. The molecule has 1 aromatic rings. The first-order valence-electron chi connectivity index (χ1n) is 6.66. The van der Waals surface area contributed by atoms with Gasteiger partial charge in [0.15, 0.2) is 5.76 Å². The Morgan fingerprint density at radius 1 is 1.25 bits per heavy atom. The lowest BCUT2D eigenvalue weighted by Crippen LogP contribution is -2.50.